The van der Waals surface area contributed by atoms with Gasteiger partial charge in [0.1, 0.15) is 42.8 Å². The molecule has 4 aliphatic rings. The number of fused-ring (bicyclic) bond motifs is 5. The molecule has 82 heavy (non-hydrogen) atoms. The molecule has 1 saturated heterocycles. The van der Waals surface area contributed by atoms with Gasteiger partial charge in [-0.1, -0.05) is 87.5 Å². The molecule has 22 heteroatoms. The first-order chi connectivity index (χ1) is 38.9. The number of amides is 2. The number of methoxy groups -OCH3 is 1. The summed E-state index contributed by atoms with van der Waals surface area (Å²) in [6.07, 6.45) is -13.2. The zero-order valence-electron chi connectivity index (χ0n) is 47.1. The van der Waals surface area contributed by atoms with Crippen molar-refractivity contribution in [3.63, 3.8) is 0 Å². The molecule has 2 bridgehead atoms. The van der Waals surface area contributed by atoms with Gasteiger partial charge in [-0.15, -0.1) is 0 Å². The van der Waals surface area contributed by atoms with Crippen LogP contribution in [0, 0.1) is 22.2 Å². The van der Waals surface area contributed by atoms with E-state index in [2.05, 4.69) is 10.6 Å². The molecule has 3 aromatic rings. The van der Waals surface area contributed by atoms with Gasteiger partial charge >= 0.3 is 29.8 Å². The van der Waals surface area contributed by atoms with Crippen molar-refractivity contribution in [2.45, 2.75) is 141 Å². The Morgan fingerprint density at radius 1 is 0.829 bits per heavy atom. The van der Waals surface area contributed by atoms with E-state index in [9.17, 15) is 48.9 Å². The lowest BCUT2D eigenvalue weighted by Crippen LogP contribution is -2.79. The monoisotopic (exact) mass is 1140 g/mol. The summed E-state index contributed by atoms with van der Waals surface area (Å²) in [7, 11) is 1.34. The molecule has 5 N–H and O–H groups in total. The van der Waals surface area contributed by atoms with Crippen LogP contribution in [0.4, 0.5) is 0 Å². The molecule has 0 aromatic heterocycles. The summed E-state index contributed by atoms with van der Waals surface area (Å²) in [5, 5.41) is 40.8. The van der Waals surface area contributed by atoms with Gasteiger partial charge in [0.2, 0.25) is 12.0 Å². The van der Waals surface area contributed by atoms with Gasteiger partial charge in [0.05, 0.1) is 54.3 Å². The molecule has 442 valence electrons. The number of benzene rings is 3. The highest BCUT2D eigenvalue weighted by atomic mass is 16.7. The Morgan fingerprint density at radius 3 is 2.01 bits per heavy atom. The molecule has 13 atom stereocenters. The number of rotatable bonds is 23. The van der Waals surface area contributed by atoms with Gasteiger partial charge in [-0.25, -0.2) is 9.59 Å². The van der Waals surface area contributed by atoms with Gasteiger partial charge in [0.15, 0.2) is 18.2 Å². The summed E-state index contributed by atoms with van der Waals surface area (Å²) in [5.41, 5.74) is -7.70. The summed E-state index contributed by atoms with van der Waals surface area (Å²) >= 11 is 0. The molecule has 3 aromatic carbocycles. The Balaban J connectivity index is 1.28. The molecule has 2 saturated carbocycles. The number of Topliss-reactive ketones (excluding diaryl/α,β-unsaturated/α-hetero) is 2. The summed E-state index contributed by atoms with van der Waals surface area (Å²) < 4.78 is 46.4. The number of hydrogen-bond acceptors (Lipinski definition) is 20. The third-order valence-corrected chi connectivity index (χ3v) is 16.7. The fourth-order valence-corrected chi connectivity index (χ4v) is 12.0. The summed E-state index contributed by atoms with van der Waals surface area (Å²) in [5.74, 6) is -9.77. The smallest absolute Gasteiger partial charge is 0.350 e. The van der Waals surface area contributed by atoms with Crippen molar-refractivity contribution >= 4 is 53.2 Å². The van der Waals surface area contributed by atoms with Crippen LogP contribution in [-0.4, -0.2) is 157 Å². The first-order valence-corrected chi connectivity index (χ1v) is 27.1. The van der Waals surface area contributed by atoms with Gasteiger partial charge in [-0.05, 0) is 68.2 Å². The number of nitrogens with one attached hydrogen (secondary N) is 2. The van der Waals surface area contributed by atoms with Gasteiger partial charge in [0.25, 0.3) is 5.91 Å². The van der Waals surface area contributed by atoms with Crippen molar-refractivity contribution in [2.75, 3.05) is 33.5 Å². The second-order valence-corrected chi connectivity index (χ2v) is 21.8. The lowest BCUT2D eigenvalue weighted by Gasteiger charge is -2.67. The molecule has 3 unspecified atom stereocenters. The third-order valence-electron chi connectivity index (χ3n) is 16.7. The van der Waals surface area contributed by atoms with E-state index in [-0.39, 0.29) is 47.5 Å². The van der Waals surface area contributed by atoms with Crippen LogP contribution < -0.4 is 10.6 Å². The summed E-state index contributed by atoms with van der Waals surface area (Å²) in [6, 6.07) is 22.0. The Kier molecular flexibility index (Phi) is 19.7. The number of ether oxygens (including phenoxy) is 8. The van der Waals surface area contributed by atoms with E-state index < -0.39 is 168 Å². The number of esters is 5. The van der Waals surface area contributed by atoms with Crippen molar-refractivity contribution in [3.8, 4) is 0 Å². The Labute approximate surface area is 474 Å². The number of ketones is 2. The first-order valence-electron chi connectivity index (χ1n) is 27.1. The van der Waals surface area contributed by atoms with Crippen LogP contribution in [0.25, 0.3) is 0 Å². The van der Waals surface area contributed by atoms with Crippen LogP contribution in [-0.2, 0) is 71.5 Å². The zero-order valence-corrected chi connectivity index (χ0v) is 47.1. The molecule has 1 aliphatic heterocycles. The highest BCUT2D eigenvalue weighted by Gasteiger charge is 2.78. The van der Waals surface area contributed by atoms with Gasteiger partial charge in [0, 0.05) is 50.2 Å². The molecule has 0 spiro atoms. The lowest BCUT2D eigenvalue weighted by atomic mass is 9.41. The van der Waals surface area contributed by atoms with Crippen molar-refractivity contribution in [3.05, 3.63) is 119 Å². The first kappa shape index (κ1) is 62.4. The van der Waals surface area contributed by atoms with Crippen LogP contribution in [0.5, 0.6) is 0 Å². The van der Waals surface area contributed by atoms with Crippen LogP contribution in [0.3, 0.4) is 0 Å². The second-order valence-electron chi connectivity index (χ2n) is 21.8. The van der Waals surface area contributed by atoms with E-state index in [1.165, 1.54) is 78.1 Å². The van der Waals surface area contributed by atoms with Crippen molar-refractivity contribution in [1.29, 1.82) is 0 Å². The van der Waals surface area contributed by atoms with Crippen LogP contribution in [0.2, 0.25) is 0 Å². The maximum atomic E-state index is 15.8. The van der Waals surface area contributed by atoms with Crippen LogP contribution in [0.15, 0.2) is 102 Å². The predicted octanol–water partition coefficient (Wildman–Crippen LogP) is 3.76. The predicted molar refractivity (Wildman–Crippen MR) is 286 cm³/mol. The number of aliphatic hydroxyl groups is 3. The molecule has 3 aliphatic carbocycles. The summed E-state index contributed by atoms with van der Waals surface area (Å²) in [6.45, 7) is 8.18. The minimum atomic E-state index is -2.51. The van der Waals surface area contributed by atoms with Crippen molar-refractivity contribution in [2.24, 2.45) is 22.2 Å². The van der Waals surface area contributed by atoms with E-state index in [0.717, 1.165) is 6.92 Å². The van der Waals surface area contributed by atoms with Crippen LogP contribution >= 0.6 is 0 Å². The maximum Gasteiger partial charge on any atom is 0.350 e. The fraction of sp³-hybridized carbons (Fsp3) is 0.517. The molecule has 2 amide bonds. The van der Waals surface area contributed by atoms with Crippen molar-refractivity contribution in [1.82, 2.24) is 10.6 Å². The molecular weight excluding hydrogens is 1070 g/mol. The third kappa shape index (κ3) is 12.4. The van der Waals surface area contributed by atoms with E-state index in [1.807, 2.05) is 0 Å². The average Bonchev–Trinajstić information content (AvgIpc) is 1.45. The van der Waals surface area contributed by atoms with E-state index >= 15 is 9.59 Å². The molecule has 0 radical (unpaired) electrons. The highest BCUT2D eigenvalue weighted by molar-refractivity contribution is 5.98. The topological polar surface area (TPSA) is 312 Å². The number of carbonyl (C=O) groups is 9. The average molecular weight is 1140 g/mol. The molecule has 3 fully saturated rings. The number of hydrogen-bond donors (Lipinski definition) is 5. The van der Waals surface area contributed by atoms with E-state index in [0.29, 0.717) is 6.42 Å². The normalized spacial score (nSPS) is 27.6. The molecule has 22 nitrogen and oxygen atoms in total. The highest BCUT2D eigenvalue weighted by Crippen LogP contribution is 2.66. The fourth-order valence-electron chi connectivity index (χ4n) is 12.0. The molecule has 1 heterocycles. The Morgan fingerprint density at radius 2 is 1.45 bits per heavy atom. The van der Waals surface area contributed by atoms with E-state index in [1.54, 1.807) is 61.5 Å². The number of carbonyl (C=O) groups excluding carboxylic acids is 9. The summed E-state index contributed by atoms with van der Waals surface area (Å²) in [4.78, 5) is 127. The quantitative estimate of drug-likeness (QED) is 0.0391. The second kappa shape index (κ2) is 25.9. The van der Waals surface area contributed by atoms with Crippen LogP contribution in [0.1, 0.15) is 113 Å². The van der Waals surface area contributed by atoms with E-state index in [4.69, 9.17) is 37.9 Å². The Bertz CT molecular complexity index is 2890. The van der Waals surface area contributed by atoms with Gasteiger partial charge < -0.3 is 63.8 Å². The minimum Gasteiger partial charge on any atom is -0.463 e. The minimum absolute atomic E-state index is 0.0215. The van der Waals surface area contributed by atoms with Crippen molar-refractivity contribution < 1.29 is 96.4 Å². The SMILES string of the molecule is CCC(COC(=O)CCC(=O)NCC(=O)O[C@@H](C(=O)O[C@H]1C[C@@]2(O)[C@@H](OC(=O)c3ccccc3)C3[C@](C)(C(=O)[C@H](OC(C)=O)C(=C1C)C2(C)C)[C@@H](O)C[C@H]1OC[C@@]31C(C)=O)[C@@H](NC(=O)c1ccccc1)c1ccccc1)OC(CO)OC. The zero-order chi connectivity index (χ0) is 59.9. The maximum absolute atomic E-state index is 15.8. The Hall–Kier alpha value is -7.21. The largest absolute Gasteiger partial charge is 0.463 e. The van der Waals surface area contributed by atoms with Gasteiger partial charge in [-0.2, -0.15) is 0 Å². The number of aliphatic hydroxyl groups excluding tert-OH is 2. The molecule has 7 rings (SSSR count). The molecular formula is C60H72N2O20. The standard InChI is InChI=1S/C60H72N2O20/c1-9-39(79-46(30-63)75-8)31-76-44(68)26-25-43(67)61-29-45(69)81-50(48(36-19-13-10-14-20-36)62-54(71)37-21-15-11-16-22-37)56(73)80-40-28-60(74)53(82-55(72)38-23-17-12-18-24-38)51-58(7,41(66)27-42-59(51,32-77-42)34(3)64)52(70)49(78-35(4)65)47(33(40)2)57(60,5)6/h10-24,39-42,46,48-51,53,63,66,74H,9,25-32H2,1-8H3,(H,61,67)(H,62,71)/t39?,40-,41-,42+,46?,48-,49+,50+,51?,53-,58+,59-,60+/m0/s1. The van der Waals surface area contributed by atoms with Gasteiger partial charge in [-0.3, -0.25) is 33.6 Å². The lowest BCUT2D eigenvalue weighted by molar-refractivity contribution is -0.306.